The lowest BCUT2D eigenvalue weighted by molar-refractivity contribution is 0.313. The maximum Gasteiger partial charge on any atom is 0.0198 e. The summed E-state index contributed by atoms with van der Waals surface area (Å²) in [5.74, 6) is 0. The van der Waals surface area contributed by atoms with Crippen molar-refractivity contribution in [3.05, 3.63) is 0 Å². The van der Waals surface area contributed by atoms with E-state index in [1.165, 1.54) is 32.4 Å². The second-order valence-corrected chi connectivity index (χ2v) is 3.69. The van der Waals surface area contributed by atoms with Crippen molar-refractivity contribution in [2.24, 2.45) is 0 Å². The molecule has 0 amide bonds. The number of likely N-dealkylation sites (tertiary alicyclic amines) is 1. The zero-order valence-electron chi connectivity index (χ0n) is 6.64. The summed E-state index contributed by atoms with van der Waals surface area (Å²) in [4.78, 5) is 2.44. The number of hydrogen-bond acceptors (Lipinski definition) is 2. The molecule has 0 aromatic carbocycles. The average Bonchev–Trinajstić information content (AvgIpc) is 2.22. The van der Waals surface area contributed by atoms with E-state index in [1.54, 1.807) is 0 Å². The zero-order valence-corrected chi connectivity index (χ0v) is 6.64. The summed E-state index contributed by atoms with van der Waals surface area (Å²) in [6.45, 7) is 2.55. The molecule has 1 unspecified atom stereocenters. The van der Waals surface area contributed by atoms with Gasteiger partial charge in [0.15, 0.2) is 0 Å². The van der Waals surface area contributed by atoms with Gasteiger partial charge in [0, 0.05) is 18.6 Å². The Labute approximate surface area is 62.6 Å². The van der Waals surface area contributed by atoms with Crippen LogP contribution < -0.4 is 5.32 Å². The highest BCUT2D eigenvalue weighted by Crippen LogP contribution is 2.18. The maximum absolute atomic E-state index is 3.64. The van der Waals surface area contributed by atoms with Crippen LogP contribution in [0.15, 0.2) is 0 Å². The molecule has 2 rings (SSSR count). The van der Waals surface area contributed by atoms with E-state index >= 15 is 0 Å². The molecule has 2 saturated heterocycles. The van der Waals surface area contributed by atoms with Gasteiger partial charge in [-0.15, -0.1) is 0 Å². The normalized spacial score (nSPS) is 41.7. The Balaban J connectivity index is 1.99. The molecule has 0 aromatic rings. The molecule has 0 aliphatic carbocycles. The molecular formula is C8H16N2. The standard InChI is InChI=1S/C8H16N2/c1-10-5-4-7-2-3-8(6-10)9-7/h7-9H,2-6H2,1H3/t7?,8-/m1/s1. The summed E-state index contributed by atoms with van der Waals surface area (Å²) in [6.07, 6.45) is 4.17. The SMILES string of the molecule is CN1CCC2CC[C@H](C1)N2. The Kier molecular flexibility index (Phi) is 1.66. The van der Waals surface area contributed by atoms with Gasteiger partial charge < -0.3 is 10.2 Å². The zero-order chi connectivity index (χ0) is 6.97. The smallest absolute Gasteiger partial charge is 0.0198 e. The van der Waals surface area contributed by atoms with Crippen LogP contribution in [0.3, 0.4) is 0 Å². The molecule has 2 atom stereocenters. The fourth-order valence-corrected chi connectivity index (χ4v) is 2.12. The molecule has 0 aromatic heterocycles. The van der Waals surface area contributed by atoms with E-state index in [1.807, 2.05) is 0 Å². The summed E-state index contributed by atoms with van der Waals surface area (Å²) >= 11 is 0. The molecule has 0 radical (unpaired) electrons. The van der Waals surface area contributed by atoms with Gasteiger partial charge in [0.05, 0.1) is 0 Å². The monoisotopic (exact) mass is 140 g/mol. The quantitative estimate of drug-likeness (QED) is 0.525. The van der Waals surface area contributed by atoms with Crippen LogP contribution in [0.25, 0.3) is 0 Å². The van der Waals surface area contributed by atoms with Gasteiger partial charge in [-0.25, -0.2) is 0 Å². The third-order valence-electron chi connectivity index (χ3n) is 2.73. The van der Waals surface area contributed by atoms with Crippen molar-refractivity contribution in [3.63, 3.8) is 0 Å². The second-order valence-electron chi connectivity index (χ2n) is 3.69. The molecule has 10 heavy (non-hydrogen) atoms. The molecule has 2 aliphatic heterocycles. The van der Waals surface area contributed by atoms with Crippen molar-refractivity contribution in [2.45, 2.75) is 31.3 Å². The number of hydrogen-bond donors (Lipinski definition) is 1. The summed E-state index contributed by atoms with van der Waals surface area (Å²) in [7, 11) is 2.22. The van der Waals surface area contributed by atoms with Crippen molar-refractivity contribution in [2.75, 3.05) is 20.1 Å². The Morgan fingerprint density at radius 3 is 2.90 bits per heavy atom. The number of fused-ring (bicyclic) bond motifs is 2. The van der Waals surface area contributed by atoms with Gasteiger partial charge in [0.1, 0.15) is 0 Å². The van der Waals surface area contributed by atoms with Crippen molar-refractivity contribution in [3.8, 4) is 0 Å². The Hall–Kier alpha value is -0.0800. The molecule has 2 heterocycles. The van der Waals surface area contributed by atoms with E-state index in [9.17, 15) is 0 Å². The summed E-state index contributed by atoms with van der Waals surface area (Å²) < 4.78 is 0. The second kappa shape index (κ2) is 2.51. The fraction of sp³-hybridized carbons (Fsp3) is 1.00. The van der Waals surface area contributed by atoms with Crippen molar-refractivity contribution in [1.82, 2.24) is 10.2 Å². The lowest BCUT2D eigenvalue weighted by atomic mass is 10.1. The highest BCUT2D eigenvalue weighted by Gasteiger charge is 2.27. The molecule has 0 spiro atoms. The molecule has 2 fully saturated rings. The molecule has 0 saturated carbocycles. The highest BCUT2D eigenvalue weighted by atomic mass is 15.2. The minimum atomic E-state index is 0.803. The summed E-state index contributed by atoms with van der Waals surface area (Å²) in [5, 5.41) is 3.64. The van der Waals surface area contributed by atoms with Crippen LogP contribution in [-0.4, -0.2) is 37.1 Å². The van der Waals surface area contributed by atoms with Crippen LogP contribution in [0.1, 0.15) is 19.3 Å². The van der Waals surface area contributed by atoms with Crippen LogP contribution in [0, 0.1) is 0 Å². The first kappa shape index (κ1) is 6.62. The first-order valence-electron chi connectivity index (χ1n) is 4.29. The van der Waals surface area contributed by atoms with E-state index in [4.69, 9.17) is 0 Å². The Bertz CT molecular complexity index is 124. The van der Waals surface area contributed by atoms with Crippen LogP contribution in [0.2, 0.25) is 0 Å². The molecule has 2 nitrogen and oxygen atoms in total. The summed E-state index contributed by atoms with van der Waals surface area (Å²) in [5.41, 5.74) is 0. The first-order chi connectivity index (χ1) is 4.84. The molecule has 1 N–H and O–H groups in total. The van der Waals surface area contributed by atoms with Crippen molar-refractivity contribution in [1.29, 1.82) is 0 Å². The topological polar surface area (TPSA) is 15.3 Å². The molecule has 2 heteroatoms. The van der Waals surface area contributed by atoms with Gasteiger partial charge in [-0.2, -0.15) is 0 Å². The molecule has 2 aliphatic rings. The number of likely N-dealkylation sites (N-methyl/N-ethyl adjacent to an activating group) is 1. The Morgan fingerprint density at radius 1 is 1.20 bits per heavy atom. The van der Waals surface area contributed by atoms with Gasteiger partial charge >= 0.3 is 0 Å². The predicted octanol–water partition coefficient (Wildman–Crippen LogP) is 0.442. The minimum absolute atomic E-state index is 0.803. The van der Waals surface area contributed by atoms with Gasteiger partial charge in [-0.1, -0.05) is 0 Å². The highest BCUT2D eigenvalue weighted by molar-refractivity contribution is 4.88. The van der Waals surface area contributed by atoms with Gasteiger partial charge in [-0.3, -0.25) is 0 Å². The minimum Gasteiger partial charge on any atom is -0.310 e. The molecule has 58 valence electrons. The molecular weight excluding hydrogens is 124 g/mol. The van der Waals surface area contributed by atoms with E-state index in [2.05, 4.69) is 17.3 Å². The lowest BCUT2D eigenvalue weighted by Gasteiger charge is -2.17. The lowest BCUT2D eigenvalue weighted by Crippen LogP contribution is -2.33. The van der Waals surface area contributed by atoms with Gasteiger partial charge in [-0.05, 0) is 32.9 Å². The largest absolute Gasteiger partial charge is 0.310 e. The predicted molar refractivity (Wildman–Crippen MR) is 42.1 cm³/mol. The third-order valence-corrected chi connectivity index (χ3v) is 2.73. The van der Waals surface area contributed by atoms with Crippen molar-refractivity contribution < 1.29 is 0 Å². The van der Waals surface area contributed by atoms with Crippen LogP contribution >= 0.6 is 0 Å². The maximum atomic E-state index is 3.64. The van der Waals surface area contributed by atoms with Gasteiger partial charge in [0.2, 0.25) is 0 Å². The van der Waals surface area contributed by atoms with Gasteiger partial charge in [0.25, 0.3) is 0 Å². The van der Waals surface area contributed by atoms with E-state index in [-0.39, 0.29) is 0 Å². The van der Waals surface area contributed by atoms with E-state index in [0.29, 0.717) is 0 Å². The van der Waals surface area contributed by atoms with E-state index in [0.717, 1.165) is 12.1 Å². The Morgan fingerprint density at radius 2 is 2.00 bits per heavy atom. The summed E-state index contributed by atoms with van der Waals surface area (Å²) in [6, 6.07) is 1.65. The first-order valence-corrected chi connectivity index (χ1v) is 4.29. The van der Waals surface area contributed by atoms with Crippen LogP contribution in [0.4, 0.5) is 0 Å². The van der Waals surface area contributed by atoms with Crippen LogP contribution in [0.5, 0.6) is 0 Å². The number of nitrogens with zero attached hydrogens (tertiary/aromatic N) is 1. The van der Waals surface area contributed by atoms with Crippen LogP contribution in [-0.2, 0) is 0 Å². The average molecular weight is 140 g/mol. The fourth-order valence-electron chi connectivity index (χ4n) is 2.12. The third kappa shape index (κ3) is 1.18. The van der Waals surface area contributed by atoms with Crippen molar-refractivity contribution >= 4 is 0 Å². The number of nitrogens with one attached hydrogen (secondary N) is 1. The number of rotatable bonds is 0. The van der Waals surface area contributed by atoms with E-state index < -0.39 is 0 Å². The molecule has 2 bridgehead atoms.